The molecule has 0 bridgehead atoms. The molecule has 0 spiro atoms. The number of pyridine rings is 2. The number of hydrogen-bond acceptors (Lipinski definition) is 6. The van der Waals surface area contributed by atoms with Gasteiger partial charge in [0, 0.05) is 58.7 Å². The van der Waals surface area contributed by atoms with E-state index in [4.69, 9.17) is 37.9 Å². The fraction of sp³-hybridized carbons (Fsp3) is 0.375. The number of carbonyl (C=O) groups excluding carboxylic acids is 2. The number of aromatic nitrogens is 2. The first-order chi connectivity index (χ1) is 24.7. The standard InChI is InChI=1S/C40H45Cl2N7O3/c1-7-52-33-23-34(38(2,3)4)44-25-32(33)35-47-39(5,26-10-14-28(41)15-11-26)40(6,27-12-16-29(42)17-13-27)49(35)37(51)48-21-18-30(19-22-48)45-36(50)46-31-9-8-20-43-24-31/h8-17,20,23-25,30H,7,18-19,21-22H2,1-6H3,(H2,45,46,50)/t39-,40-/m1/s1. The molecule has 2 aromatic heterocycles. The Morgan fingerprint density at radius 2 is 1.58 bits per heavy atom. The number of piperidine rings is 1. The van der Waals surface area contributed by atoms with E-state index in [0.29, 0.717) is 65.4 Å². The van der Waals surface area contributed by atoms with Gasteiger partial charge in [0.15, 0.2) is 0 Å². The second kappa shape index (κ2) is 14.8. The average molecular weight is 743 g/mol. The Balaban J connectivity index is 1.42. The van der Waals surface area contributed by atoms with Gasteiger partial charge in [-0.25, -0.2) is 9.59 Å². The molecular formula is C40H45Cl2N7O3. The van der Waals surface area contributed by atoms with E-state index in [1.165, 1.54) is 0 Å². The quantitative estimate of drug-likeness (QED) is 0.197. The number of nitrogens with one attached hydrogen (secondary N) is 2. The normalized spacial score (nSPS) is 20.7. The molecule has 1 saturated heterocycles. The summed E-state index contributed by atoms with van der Waals surface area (Å²) in [6.45, 7) is 13.6. The van der Waals surface area contributed by atoms with Crippen molar-refractivity contribution in [3.05, 3.63) is 118 Å². The van der Waals surface area contributed by atoms with E-state index in [9.17, 15) is 4.79 Å². The number of nitrogens with zero attached hydrogens (tertiary/aromatic N) is 5. The number of amides is 4. The van der Waals surface area contributed by atoms with E-state index in [-0.39, 0.29) is 23.5 Å². The molecule has 2 aromatic carbocycles. The van der Waals surface area contributed by atoms with Crippen LogP contribution in [0.5, 0.6) is 5.75 Å². The second-order valence-electron chi connectivity index (χ2n) is 14.6. The predicted octanol–water partition coefficient (Wildman–Crippen LogP) is 8.78. The maximum atomic E-state index is 15.2. The van der Waals surface area contributed by atoms with E-state index in [1.54, 1.807) is 30.7 Å². The molecule has 4 heterocycles. The van der Waals surface area contributed by atoms with Gasteiger partial charge in [-0.05, 0) is 81.1 Å². The van der Waals surface area contributed by atoms with Gasteiger partial charge in [-0.2, -0.15) is 0 Å². The lowest BCUT2D eigenvalue weighted by molar-refractivity contribution is 0.0997. The highest BCUT2D eigenvalue weighted by Crippen LogP contribution is 2.54. The van der Waals surface area contributed by atoms with Gasteiger partial charge >= 0.3 is 12.1 Å². The SMILES string of the molecule is CCOc1cc(C(C)(C)C)ncc1C1=N[C@](C)(c2ccc(Cl)cc2)[C@@](C)(c2ccc(Cl)cc2)N1C(=O)N1CCC(NC(=O)Nc2cccnc2)CC1. The highest BCUT2D eigenvalue weighted by molar-refractivity contribution is 6.30. The molecule has 10 nitrogen and oxygen atoms in total. The average Bonchev–Trinajstić information content (AvgIpc) is 3.36. The summed E-state index contributed by atoms with van der Waals surface area (Å²) in [5.74, 6) is 1.05. The van der Waals surface area contributed by atoms with Crippen LogP contribution >= 0.6 is 23.2 Å². The molecule has 0 saturated carbocycles. The topological polar surface area (TPSA) is 112 Å². The number of benzene rings is 2. The number of aliphatic imine (C=N–C) groups is 1. The van der Waals surface area contributed by atoms with Crippen LogP contribution in [0.15, 0.2) is 90.3 Å². The molecule has 2 atom stereocenters. The van der Waals surface area contributed by atoms with E-state index >= 15 is 4.79 Å². The summed E-state index contributed by atoms with van der Waals surface area (Å²) in [4.78, 5) is 46.1. The zero-order valence-corrected chi connectivity index (χ0v) is 31.9. The van der Waals surface area contributed by atoms with Crippen LogP contribution < -0.4 is 15.4 Å². The first kappa shape index (κ1) is 37.1. The van der Waals surface area contributed by atoms with Gasteiger partial charge in [0.25, 0.3) is 0 Å². The molecule has 1 fully saturated rings. The van der Waals surface area contributed by atoms with Crippen LogP contribution in [0.25, 0.3) is 0 Å². The summed E-state index contributed by atoms with van der Waals surface area (Å²) in [6, 6.07) is 20.1. The summed E-state index contributed by atoms with van der Waals surface area (Å²) < 4.78 is 6.27. The van der Waals surface area contributed by atoms with Crippen LogP contribution in [-0.4, -0.2) is 63.4 Å². The van der Waals surface area contributed by atoms with Gasteiger partial charge in [-0.3, -0.25) is 19.9 Å². The third-order valence-corrected chi connectivity index (χ3v) is 10.6. The lowest BCUT2D eigenvalue weighted by atomic mass is 9.71. The molecule has 52 heavy (non-hydrogen) atoms. The summed E-state index contributed by atoms with van der Waals surface area (Å²) in [5.41, 5.74) is 1.53. The minimum absolute atomic E-state index is 0.117. The number of likely N-dealkylation sites (tertiary alicyclic amines) is 1. The Morgan fingerprint density at radius 1 is 0.942 bits per heavy atom. The zero-order valence-electron chi connectivity index (χ0n) is 30.4. The molecule has 4 aromatic rings. The highest BCUT2D eigenvalue weighted by atomic mass is 35.5. The van der Waals surface area contributed by atoms with Gasteiger partial charge in [0.05, 0.1) is 24.1 Å². The summed E-state index contributed by atoms with van der Waals surface area (Å²) in [7, 11) is 0. The van der Waals surface area contributed by atoms with Crippen molar-refractivity contribution in [1.82, 2.24) is 25.1 Å². The van der Waals surface area contributed by atoms with Gasteiger partial charge in [0.1, 0.15) is 22.7 Å². The van der Waals surface area contributed by atoms with Crippen LogP contribution in [0.4, 0.5) is 15.3 Å². The van der Waals surface area contributed by atoms with Crippen molar-refractivity contribution in [1.29, 1.82) is 0 Å². The molecule has 6 rings (SSSR count). The molecular weight excluding hydrogens is 697 g/mol. The zero-order chi connectivity index (χ0) is 37.3. The first-order valence-electron chi connectivity index (χ1n) is 17.6. The number of halogens is 2. The van der Waals surface area contributed by atoms with E-state index < -0.39 is 11.1 Å². The number of urea groups is 2. The van der Waals surface area contributed by atoms with Crippen molar-refractivity contribution in [2.24, 2.45) is 4.99 Å². The Bertz CT molecular complexity index is 1940. The molecule has 2 aliphatic heterocycles. The lowest BCUT2D eigenvalue weighted by Gasteiger charge is -2.47. The molecule has 0 unspecified atom stereocenters. The number of rotatable bonds is 7. The molecule has 0 radical (unpaired) electrons. The summed E-state index contributed by atoms with van der Waals surface area (Å²) >= 11 is 12.8. The van der Waals surface area contributed by atoms with Crippen LogP contribution in [0.1, 0.15) is 76.8 Å². The molecule has 272 valence electrons. The van der Waals surface area contributed by atoms with E-state index in [1.807, 2.05) is 85.2 Å². The van der Waals surface area contributed by atoms with Crippen molar-refractivity contribution >= 4 is 46.8 Å². The maximum absolute atomic E-state index is 15.2. The van der Waals surface area contributed by atoms with Gasteiger partial charge in [0.2, 0.25) is 0 Å². The first-order valence-corrected chi connectivity index (χ1v) is 18.3. The monoisotopic (exact) mass is 741 g/mol. The van der Waals surface area contributed by atoms with Crippen molar-refractivity contribution in [2.75, 3.05) is 25.0 Å². The molecule has 2 N–H and O–H groups in total. The second-order valence-corrected chi connectivity index (χ2v) is 15.4. The fourth-order valence-electron chi connectivity index (χ4n) is 7.00. The largest absolute Gasteiger partial charge is 0.493 e. The number of ether oxygens (including phenoxy) is 1. The van der Waals surface area contributed by atoms with Gasteiger partial charge in [-0.1, -0.05) is 68.2 Å². The molecule has 0 aliphatic carbocycles. The number of carbonyl (C=O) groups is 2. The van der Waals surface area contributed by atoms with E-state index in [2.05, 4.69) is 36.4 Å². The van der Waals surface area contributed by atoms with Crippen molar-refractivity contribution in [3.8, 4) is 5.75 Å². The Morgan fingerprint density at radius 3 is 2.15 bits per heavy atom. The number of anilines is 1. The van der Waals surface area contributed by atoms with Crippen LogP contribution in [0.2, 0.25) is 10.0 Å². The van der Waals surface area contributed by atoms with Crippen LogP contribution in [-0.2, 0) is 16.5 Å². The Labute approximate surface area is 315 Å². The number of hydrogen-bond donors (Lipinski definition) is 2. The van der Waals surface area contributed by atoms with E-state index in [0.717, 1.165) is 16.8 Å². The minimum Gasteiger partial charge on any atom is -0.493 e. The van der Waals surface area contributed by atoms with Gasteiger partial charge in [-0.15, -0.1) is 0 Å². The van der Waals surface area contributed by atoms with Crippen molar-refractivity contribution in [2.45, 2.75) is 76.9 Å². The smallest absolute Gasteiger partial charge is 0.326 e. The lowest BCUT2D eigenvalue weighted by Crippen LogP contribution is -2.59. The summed E-state index contributed by atoms with van der Waals surface area (Å²) in [6.07, 6.45) is 6.17. The Kier molecular flexibility index (Phi) is 10.5. The Hall–Kier alpha value is -4.67. The predicted molar refractivity (Wildman–Crippen MR) is 206 cm³/mol. The minimum atomic E-state index is -1.05. The third kappa shape index (κ3) is 7.19. The third-order valence-electron chi connectivity index (χ3n) is 10.1. The van der Waals surface area contributed by atoms with Crippen molar-refractivity contribution in [3.63, 3.8) is 0 Å². The molecule has 2 aliphatic rings. The van der Waals surface area contributed by atoms with Crippen molar-refractivity contribution < 1.29 is 14.3 Å². The highest BCUT2D eigenvalue weighted by Gasteiger charge is 2.60. The number of amidine groups is 1. The van der Waals surface area contributed by atoms with Crippen LogP contribution in [0.3, 0.4) is 0 Å². The van der Waals surface area contributed by atoms with Gasteiger partial charge < -0.3 is 20.3 Å². The van der Waals surface area contributed by atoms with Crippen LogP contribution in [0, 0.1) is 0 Å². The molecule has 4 amide bonds. The molecule has 12 heteroatoms. The fourth-order valence-corrected chi connectivity index (χ4v) is 7.26. The maximum Gasteiger partial charge on any atom is 0.326 e. The summed E-state index contributed by atoms with van der Waals surface area (Å²) in [5, 5.41) is 7.07.